The van der Waals surface area contributed by atoms with E-state index >= 15 is 0 Å². The summed E-state index contributed by atoms with van der Waals surface area (Å²) in [5, 5.41) is 4.24. The number of hydrogen-bond donors (Lipinski definition) is 2. The quantitative estimate of drug-likeness (QED) is 0.669. The van der Waals surface area contributed by atoms with Crippen LogP contribution in [0.2, 0.25) is 0 Å². The summed E-state index contributed by atoms with van der Waals surface area (Å²) in [6.07, 6.45) is 3.81. The van der Waals surface area contributed by atoms with Gasteiger partial charge in [-0.15, -0.1) is 0 Å². The first-order valence-corrected chi connectivity index (χ1v) is 7.54. The van der Waals surface area contributed by atoms with Crippen LogP contribution >= 0.6 is 34.1 Å². The molecule has 0 unspecified atom stereocenters. The first-order valence-electron chi connectivity index (χ1n) is 5.69. The second-order valence-corrected chi connectivity index (χ2v) is 5.97. The molecule has 3 heterocycles. The second-order valence-electron chi connectivity index (χ2n) is 4.06. The van der Waals surface area contributed by atoms with Gasteiger partial charge in [0.05, 0.1) is 11.9 Å². The van der Waals surface area contributed by atoms with Crippen molar-refractivity contribution >= 4 is 50.6 Å². The molecule has 3 rings (SSSR count). The fourth-order valence-corrected chi connectivity index (χ4v) is 2.97. The largest absolute Gasteiger partial charge is 0.352 e. The fraction of sp³-hybridized carbons (Fsp3) is 0.182. The maximum atomic E-state index is 4.51. The van der Waals surface area contributed by atoms with Gasteiger partial charge in [-0.25, -0.2) is 9.97 Å². The Morgan fingerprint density at radius 3 is 3.11 bits per heavy atom. The van der Waals surface area contributed by atoms with Crippen molar-refractivity contribution in [2.75, 3.05) is 5.32 Å². The zero-order valence-corrected chi connectivity index (χ0v) is 13.2. The van der Waals surface area contributed by atoms with E-state index in [0.717, 1.165) is 31.6 Å². The molecule has 0 aromatic carbocycles. The van der Waals surface area contributed by atoms with Crippen LogP contribution < -0.4 is 11.1 Å². The molecule has 0 spiro atoms. The van der Waals surface area contributed by atoms with Crippen molar-refractivity contribution in [1.29, 1.82) is 0 Å². The Kier molecular flexibility index (Phi) is 3.37. The lowest BCUT2D eigenvalue weighted by molar-refractivity contribution is -0.387. The zero-order valence-electron chi connectivity index (χ0n) is 10.2. The number of hydrogen-bond acceptors (Lipinski definition) is 5. The maximum Gasteiger partial charge on any atom is 0.181 e. The number of aromatic nitrogens is 4. The number of nitrogens with one attached hydrogen (secondary N) is 1. The van der Waals surface area contributed by atoms with Crippen LogP contribution in [-0.2, 0) is 6.54 Å². The van der Waals surface area contributed by atoms with Gasteiger partial charge in [0.25, 0.3) is 0 Å². The predicted molar refractivity (Wildman–Crippen MR) is 82.4 cm³/mol. The minimum Gasteiger partial charge on any atom is -0.352 e. The van der Waals surface area contributed by atoms with Crippen molar-refractivity contribution in [3.8, 4) is 0 Å². The lowest BCUT2D eigenvalue weighted by Gasteiger charge is -2.06. The summed E-state index contributed by atoms with van der Waals surface area (Å²) in [6, 6.07) is 1.99. The van der Waals surface area contributed by atoms with Crippen LogP contribution in [0.25, 0.3) is 5.65 Å². The molecule has 4 N–H and O–H groups in total. The lowest BCUT2D eigenvalue weighted by atomic mass is 10.4. The number of fused-ring (bicyclic) bond motifs is 1. The molecule has 0 aliphatic heterocycles. The molecule has 19 heavy (non-hydrogen) atoms. The Morgan fingerprint density at radius 1 is 1.53 bits per heavy atom. The molecule has 8 heteroatoms. The average Bonchev–Trinajstić information content (AvgIpc) is 2.97. The molecule has 3 aromatic heterocycles. The van der Waals surface area contributed by atoms with E-state index in [1.54, 1.807) is 0 Å². The summed E-state index contributed by atoms with van der Waals surface area (Å²) in [7, 11) is 0. The van der Waals surface area contributed by atoms with Gasteiger partial charge in [0.1, 0.15) is 20.9 Å². The van der Waals surface area contributed by atoms with E-state index in [4.69, 9.17) is 0 Å². The Bertz CT molecular complexity index is 734. The van der Waals surface area contributed by atoms with Gasteiger partial charge < -0.3 is 11.1 Å². The number of aryl methyl sites for hydroxylation is 1. The molecule has 0 aliphatic rings. The van der Waals surface area contributed by atoms with Crippen LogP contribution in [0, 0.1) is 10.6 Å². The molecular weight excluding hydrogens is 375 g/mol. The highest BCUT2D eigenvalue weighted by Crippen LogP contribution is 2.24. The van der Waals surface area contributed by atoms with Gasteiger partial charge in [0.15, 0.2) is 11.5 Å². The molecule has 0 bridgehead atoms. The van der Waals surface area contributed by atoms with Crippen molar-refractivity contribution in [3.63, 3.8) is 0 Å². The second kappa shape index (κ2) is 5.02. The maximum absolute atomic E-state index is 4.51. The molecule has 0 saturated carbocycles. The Balaban J connectivity index is 2.04. The van der Waals surface area contributed by atoms with Crippen LogP contribution in [0.5, 0.6) is 0 Å². The number of nitrogens with zero attached hydrogens (tertiary/aromatic N) is 4. The van der Waals surface area contributed by atoms with Crippen LogP contribution in [0.15, 0.2) is 18.5 Å². The van der Waals surface area contributed by atoms with Gasteiger partial charge in [0, 0.05) is 12.3 Å². The van der Waals surface area contributed by atoms with E-state index in [1.165, 1.54) is 11.5 Å². The molecule has 98 valence electrons. The summed E-state index contributed by atoms with van der Waals surface area (Å²) in [6.45, 7) is 2.66. The van der Waals surface area contributed by atoms with Crippen molar-refractivity contribution < 1.29 is 5.73 Å². The molecule has 3 aromatic rings. The van der Waals surface area contributed by atoms with Gasteiger partial charge in [-0.1, -0.05) is 0 Å². The molecule has 0 radical (unpaired) electrons. The topological polar surface area (TPSA) is 82.8 Å². The van der Waals surface area contributed by atoms with Crippen molar-refractivity contribution in [3.05, 3.63) is 33.5 Å². The van der Waals surface area contributed by atoms with Crippen LogP contribution in [0.1, 0.15) is 11.4 Å². The molecule has 0 amide bonds. The first kappa shape index (κ1) is 12.8. The highest BCUT2D eigenvalue weighted by molar-refractivity contribution is 14.1. The van der Waals surface area contributed by atoms with E-state index in [1.807, 2.05) is 29.8 Å². The van der Waals surface area contributed by atoms with E-state index in [9.17, 15) is 0 Å². The smallest absolute Gasteiger partial charge is 0.181 e. The number of halogens is 1. The number of anilines is 2. The number of imidazole rings is 1. The Morgan fingerprint density at radius 2 is 2.37 bits per heavy atom. The standard InChI is InChI=1S/C11H11IN6S/c1-6-5-18-8(12)4-14-11(18)10(15-6)16-9-2-7(3-13)17-19-9/h2,4-5H,3,13H2,1H3,(H,15,16)/p+1. The molecular formula is C11H12IN6S+. The molecule has 0 aliphatic carbocycles. The predicted octanol–water partition coefficient (Wildman–Crippen LogP) is 1.58. The van der Waals surface area contributed by atoms with E-state index < -0.39 is 0 Å². The summed E-state index contributed by atoms with van der Waals surface area (Å²) in [5.41, 5.74) is 6.56. The van der Waals surface area contributed by atoms with Gasteiger partial charge in [-0.05, 0) is 41.0 Å². The van der Waals surface area contributed by atoms with Gasteiger partial charge in [-0.2, -0.15) is 4.37 Å². The minimum absolute atomic E-state index is 0.691. The lowest BCUT2D eigenvalue weighted by Crippen LogP contribution is -2.47. The monoisotopic (exact) mass is 387 g/mol. The van der Waals surface area contributed by atoms with Crippen molar-refractivity contribution in [2.24, 2.45) is 0 Å². The van der Waals surface area contributed by atoms with Crippen molar-refractivity contribution in [1.82, 2.24) is 18.7 Å². The minimum atomic E-state index is 0.691. The summed E-state index contributed by atoms with van der Waals surface area (Å²) < 4.78 is 7.38. The first-order chi connectivity index (χ1) is 9.17. The van der Waals surface area contributed by atoms with Crippen LogP contribution in [0.4, 0.5) is 10.8 Å². The summed E-state index contributed by atoms with van der Waals surface area (Å²) in [5.74, 6) is 0.752. The van der Waals surface area contributed by atoms with Crippen molar-refractivity contribution in [2.45, 2.75) is 13.5 Å². The zero-order chi connectivity index (χ0) is 13.4. The van der Waals surface area contributed by atoms with Crippen LogP contribution in [-0.4, -0.2) is 18.7 Å². The third-order valence-corrected chi connectivity index (χ3v) is 4.16. The SMILES string of the molecule is Cc1cn2c(I)cnc2c(Nc2cc(C[NH3+])ns2)n1. The Hall–Kier alpha value is -1.26. The molecule has 0 fully saturated rings. The fourth-order valence-electron chi connectivity index (χ4n) is 1.77. The third-order valence-electron chi connectivity index (χ3n) is 2.62. The summed E-state index contributed by atoms with van der Waals surface area (Å²) >= 11 is 3.66. The van der Waals surface area contributed by atoms with E-state index in [2.05, 4.69) is 48.0 Å². The number of quaternary nitrogens is 1. The molecule has 6 nitrogen and oxygen atoms in total. The van der Waals surface area contributed by atoms with Gasteiger partial charge >= 0.3 is 0 Å². The highest BCUT2D eigenvalue weighted by Gasteiger charge is 2.10. The van der Waals surface area contributed by atoms with E-state index in [0.29, 0.717) is 6.54 Å². The Labute approximate surface area is 127 Å². The summed E-state index contributed by atoms with van der Waals surface area (Å²) in [4.78, 5) is 8.90. The molecule has 0 atom stereocenters. The van der Waals surface area contributed by atoms with E-state index in [-0.39, 0.29) is 0 Å². The molecule has 0 saturated heterocycles. The normalized spacial score (nSPS) is 11.1. The average molecular weight is 387 g/mol. The van der Waals surface area contributed by atoms with Crippen LogP contribution in [0.3, 0.4) is 0 Å². The highest BCUT2D eigenvalue weighted by atomic mass is 127. The van der Waals surface area contributed by atoms with Gasteiger partial charge in [-0.3, -0.25) is 4.40 Å². The number of rotatable bonds is 3. The third kappa shape index (κ3) is 2.42. The van der Waals surface area contributed by atoms with Gasteiger partial charge in [0.2, 0.25) is 0 Å².